The van der Waals surface area contributed by atoms with E-state index in [4.69, 9.17) is 5.26 Å². The Hall–Kier alpha value is -2.00. The summed E-state index contributed by atoms with van der Waals surface area (Å²) in [4.78, 5) is 15.1. The lowest BCUT2D eigenvalue weighted by Crippen LogP contribution is -2.34. The van der Waals surface area contributed by atoms with Crippen LogP contribution in [0.25, 0.3) is 0 Å². The summed E-state index contributed by atoms with van der Waals surface area (Å²) in [5.74, 6) is 1.25. The Morgan fingerprint density at radius 1 is 1.30 bits per heavy atom. The van der Waals surface area contributed by atoms with Gasteiger partial charge in [0.2, 0.25) is 0 Å². The Kier molecular flexibility index (Phi) is 3.61. The third kappa shape index (κ3) is 2.49. The molecule has 2 aromatic heterocycles. The van der Waals surface area contributed by atoms with Crippen LogP contribution in [-0.4, -0.2) is 28.0 Å². The van der Waals surface area contributed by atoms with Crippen molar-refractivity contribution in [1.82, 2.24) is 15.0 Å². The van der Waals surface area contributed by atoms with Crippen molar-refractivity contribution in [3.63, 3.8) is 0 Å². The van der Waals surface area contributed by atoms with Crippen LogP contribution >= 0.6 is 11.3 Å². The average Bonchev–Trinajstić information content (AvgIpc) is 2.94. The minimum atomic E-state index is 0.413. The van der Waals surface area contributed by atoms with Gasteiger partial charge in [0.1, 0.15) is 6.07 Å². The Labute approximate surface area is 121 Å². The van der Waals surface area contributed by atoms with Crippen molar-refractivity contribution in [1.29, 1.82) is 5.26 Å². The molecule has 1 saturated heterocycles. The van der Waals surface area contributed by atoms with Crippen molar-refractivity contribution < 1.29 is 0 Å². The SMILES string of the molecule is Cc1csc(C2CCN(c3nccnc3C#N)CC2)n1. The van der Waals surface area contributed by atoms with Gasteiger partial charge < -0.3 is 4.90 Å². The Bertz CT molecular complexity index is 637. The van der Waals surface area contributed by atoms with E-state index in [1.54, 1.807) is 23.7 Å². The summed E-state index contributed by atoms with van der Waals surface area (Å²) in [6, 6.07) is 2.11. The molecule has 2 aromatic rings. The summed E-state index contributed by atoms with van der Waals surface area (Å²) in [6.07, 6.45) is 5.31. The van der Waals surface area contributed by atoms with Crippen LogP contribution in [0.3, 0.4) is 0 Å². The van der Waals surface area contributed by atoms with Crippen LogP contribution in [0.1, 0.15) is 35.2 Å². The third-order valence-corrected chi connectivity index (χ3v) is 4.69. The fraction of sp³-hybridized carbons (Fsp3) is 0.429. The first-order valence-corrected chi connectivity index (χ1v) is 7.54. The molecule has 3 rings (SSSR count). The molecule has 0 unspecified atom stereocenters. The molecule has 3 heterocycles. The molecule has 0 atom stereocenters. The molecule has 0 spiro atoms. The van der Waals surface area contributed by atoms with E-state index in [0.29, 0.717) is 17.4 Å². The maximum atomic E-state index is 9.09. The van der Waals surface area contributed by atoms with Gasteiger partial charge in [-0.3, -0.25) is 0 Å². The smallest absolute Gasteiger partial charge is 0.183 e. The topological polar surface area (TPSA) is 65.7 Å². The van der Waals surface area contributed by atoms with Gasteiger partial charge in [-0.1, -0.05) is 0 Å². The zero-order valence-electron chi connectivity index (χ0n) is 11.3. The van der Waals surface area contributed by atoms with Gasteiger partial charge in [0, 0.05) is 42.5 Å². The summed E-state index contributed by atoms with van der Waals surface area (Å²) in [7, 11) is 0. The lowest BCUT2D eigenvalue weighted by atomic mass is 9.97. The molecule has 0 radical (unpaired) electrons. The van der Waals surface area contributed by atoms with E-state index in [-0.39, 0.29) is 0 Å². The largest absolute Gasteiger partial charge is 0.354 e. The molecule has 0 amide bonds. The fourth-order valence-electron chi connectivity index (χ4n) is 2.54. The molecule has 0 bridgehead atoms. The van der Waals surface area contributed by atoms with Crippen molar-refractivity contribution in [2.75, 3.05) is 18.0 Å². The molecule has 5 nitrogen and oxygen atoms in total. The summed E-state index contributed by atoms with van der Waals surface area (Å²) < 4.78 is 0. The molecule has 0 aliphatic carbocycles. The highest BCUT2D eigenvalue weighted by atomic mass is 32.1. The van der Waals surface area contributed by atoms with E-state index in [9.17, 15) is 0 Å². The average molecular weight is 285 g/mol. The van der Waals surface area contributed by atoms with Crippen molar-refractivity contribution in [3.8, 4) is 6.07 Å². The normalized spacial score (nSPS) is 16.1. The lowest BCUT2D eigenvalue weighted by Gasteiger charge is -2.32. The minimum Gasteiger partial charge on any atom is -0.354 e. The number of aryl methyl sites for hydroxylation is 1. The Balaban J connectivity index is 1.71. The lowest BCUT2D eigenvalue weighted by molar-refractivity contribution is 0.500. The molecular weight excluding hydrogens is 270 g/mol. The fourth-order valence-corrected chi connectivity index (χ4v) is 3.51. The number of hydrogen-bond acceptors (Lipinski definition) is 6. The van der Waals surface area contributed by atoms with Crippen LogP contribution in [0.2, 0.25) is 0 Å². The predicted molar refractivity (Wildman–Crippen MR) is 77.8 cm³/mol. The van der Waals surface area contributed by atoms with Gasteiger partial charge in [-0.2, -0.15) is 5.26 Å². The number of nitrogens with zero attached hydrogens (tertiary/aromatic N) is 5. The molecule has 102 valence electrons. The number of aromatic nitrogens is 3. The molecule has 0 aromatic carbocycles. The molecule has 20 heavy (non-hydrogen) atoms. The summed E-state index contributed by atoms with van der Waals surface area (Å²) in [5.41, 5.74) is 1.52. The van der Waals surface area contributed by atoms with Gasteiger partial charge in [0.15, 0.2) is 11.5 Å². The quantitative estimate of drug-likeness (QED) is 0.848. The number of nitriles is 1. The first kappa shape index (κ1) is 13.0. The summed E-state index contributed by atoms with van der Waals surface area (Å²) in [6.45, 7) is 3.83. The van der Waals surface area contributed by atoms with Crippen molar-refractivity contribution in [2.45, 2.75) is 25.7 Å². The van der Waals surface area contributed by atoms with E-state index in [2.05, 4.69) is 31.3 Å². The Morgan fingerprint density at radius 3 is 2.70 bits per heavy atom. The maximum Gasteiger partial charge on any atom is 0.183 e. The molecule has 1 aliphatic rings. The van der Waals surface area contributed by atoms with Crippen LogP contribution in [0.5, 0.6) is 0 Å². The second-order valence-corrected chi connectivity index (χ2v) is 5.82. The zero-order valence-corrected chi connectivity index (χ0v) is 12.1. The van der Waals surface area contributed by atoms with E-state index >= 15 is 0 Å². The number of rotatable bonds is 2. The van der Waals surface area contributed by atoms with Gasteiger partial charge in [-0.15, -0.1) is 11.3 Å². The highest BCUT2D eigenvalue weighted by Gasteiger charge is 2.24. The van der Waals surface area contributed by atoms with Crippen molar-refractivity contribution in [2.24, 2.45) is 0 Å². The van der Waals surface area contributed by atoms with Crippen molar-refractivity contribution >= 4 is 17.2 Å². The zero-order chi connectivity index (χ0) is 13.9. The van der Waals surface area contributed by atoms with E-state index in [1.807, 2.05) is 6.92 Å². The van der Waals surface area contributed by atoms with Gasteiger partial charge in [0.25, 0.3) is 0 Å². The number of piperidine rings is 1. The summed E-state index contributed by atoms with van der Waals surface area (Å²) >= 11 is 1.75. The Morgan fingerprint density at radius 2 is 2.05 bits per heavy atom. The minimum absolute atomic E-state index is 0.413. The predicted octanol–water partition coefficient (Wildman–Crippen LogP) is 2.50. The van der Waals surface area contributed by atoms with Gasteiger partial charge in [-0.05, 0) is 19.8 Å². The highest BCUT2D eigenvalue weighted by Crippen LogP contribution is 2.32. The number of thiazole rings is 1. The first-order chi connectivity index (χ1) is 9.78. The van der Waals surface area contributed by atoms with Gasteiger partial charge in [-0.25, -0.2) is 15.0 Å². The number of anilines is 1. The first-order valence-electron chi connectivity index (χ1n) is 6.66. The van der Waals surface area contributed by atoms with E-state index < -0.39 is 0 Å². The maximum absolute atomic E-state index is 9.09. The monoisotopic (exact) mass is 285 g/mol. The van der Waals surface area contributed by atoms with Crippen LogP contribution < -0.4 is 4.90 Å². The van der Waals surface area contributed by atoms with E-state index in [1.165, 1.54) is 5.01 Å². The second kappa shape index (κ2) is 5.55. The van der Waals surface area contributed by atoms with Crippen molar-refractivity contribution in [3.05, 3.63) is 34.2 Å². The van der Waals surface area contributed by atoms with Crippen LogP contribution in [0.4, 0.5) is 5.82 Å². The molecular formula is C14H15N5S. The van der Waals surface area contributed by atoms with E-state index in [0.717, 1.165) is 31.6 Å². The van der Waals surface area contributed by atoms with Crippen LogP contribution in [0.15, 0.2) is 17.8 Å². The summed E-state index contributed by atoms with van der Waals surface area (Å²) in [5, 5.41) is 12.4. The standard InChI is InChI=1S/C14H15N5S/c1-10-9-20-14(18-10)11-2-6-19(7-3-11)13-12(8-15)16-4-5-17-13/h4-5,9,11H,2-3,6-7H2,1H3. The van der Waals surface area contributed by atoms with Gasteiger partial charge >= 0.3 is 0 Å². The van der Waals surface area contributed by atoms with Gasteiger partial charge in [0.05, 0.1) is 5.01 Å². The highest BCUT2D eigenvalue weighted by molar-refractivity contribution is 7.09. The number of hydrogen-bond donors (Lipinski definition) is 0. The molecule has 0 N–H and O–H groups in total. The third-order valence-electron chi connectivity index (χ3n) is 3.57. The molecule has 6 heteroatoms. The second-order valence-electron chi connectivity index (χ2n) is 4.93. The molecule has 1 aliphatic heterocycles. The molecule has 0 saturated carbocycles. The molecule has 1 fully saturated rings. The van der Waals surface area contributed by atoms with Crippen LogP contribution in [-0.2, 0) is 0 Å². The van der Waals surface area contributed by atoms with Crippen LogP contribution in [0, 0.1) is 18.3 Å².